The Morgan fingerprint density at radius 2 is 1.85 bits per heavy atom. The van der Waals surface area contributed by atoms with Gasteiger partial charge in [0.25, 0.3) is 10.1 Å². The van der Waals surface area contributed by atoms with Gasteiger partial charge in [0.15, 0.2) is 5.78 Å². The van der Waals surface area contributed by atoms with Gasteiger partial charge in [-0.2, -0.15) is 8.42 Å². The summed E-state index contributed by atoms with van der Waals surface area (Å²) in [6.07, 6.45) is 5.30. The highest BCUT2D eigenvalue weighted by Crippen LogP contribution is 2.26. The molecule has 0 aromatic heterocycles. The van der Waals surface area contributed by atoms with Gasteiger partial charge in [0.2, 0.25) is 0 Å². The van der Waals surface area contributed by atoms with Gasteiger partial charge in [0.1, 0.15) is 11.8 Å². The van der Waals surface area contributed by atoms with Crippen molar-refractivity contribution in [2.24, 2.45) is 5.92 Å². The molecular weight excluding hydrogens is 278 g/mol. The molecule has 0 aromatic rings. The summed E-state index contributed by atoms with van der Waals surface area (Å²) in [4.78, 5) is 12.1. The number of carbonyl (C=O) groups is 1. The molecule has 1 fully saturated rings. The van der Waals surface area contributed by atoms with Gasteiger partial charge in [0, 0.05) is 6.42 Å². The SMILES string of the molecule is CC[C@@H](OS(=O)(=O)CC)C(=N)C(=O)CC1CCCCC1. The molecular formula is C14H25NO4S. The highest BCUT2D eigenvalue weighted by Gasteiger charge is 2.27. The number of rotatable bonds is 8. The molecule has 1 atom stereocenters. The maximum absolute atomic E-state index is 12.1. The lowest BCUT2D eigenvalue weighted by Crippen LogP contribution is -2.33. The molecule has 1 saturated carbocycles. The third-order valence-corrected chi connectivity index (χ3v) is 5.04. The Balaban J connectivity index is 2.58. The van der Waals surface area contributed by atoms with Crippen LogP contribution in [0.25, 0.3) is 0 Å². The van der Waals surface area contributed by atoms with E-state index in [0.717, 1.165) is 25.7 Å². The normalized spacial score (nSPS) is 18.7. The quantitative estimate of drug-likeness (QED) is 0.552. The Morgan fingerprint density at radius 1 is 1.25 bits per heavy atom. The van der Waals surface area contributed by atoms with Gasteiger partial charge < -0.3 is 0 Å². The van der Waals surface area contributed by atoms with E-state index < -0.39 is 16.2 Å². The number of ketones is 1. The zero-order chi connectivity index (χ0) is 15.2. The predicted molar refractivity (Wildman–Crippen MR) is 78.6 cm³/mol. The molecule has 0 aromatic carbocycles. The van der Waals surface area contributed by atoms with Crippen LogP contribution in [-0.2, 0) is 19.1 Å². The first-order valence-corrected chi connectivity index (χ1v) is 9.00. The molecule has 0 amide bonds. The molecule has 0 radical (unpaired) electrons. The second kappa shape index (κ2) is 7.88. The average molecular weight is 303 g/mol. The molecule has 20 heavy (non-hydrogen) atoms. The number of hydrogen-bond donors (Lipinski definition) is 1. The molecule has 0 saturated heterocycles. The second-order valence-corrected chi connectivity index (χ2v) is 7.27. The summed E-state index contributed by atoms with van der Waals surface area (Å²) in [5.74, 6) is -0.0694. The summed E-state index contributed by atoms with van der Waals surface area (Å²) < 4.78 is 27.8. The zero-order valence-corrected chi connectivity index (χ0v) is 13.2. The van der Waals surface area contributed by atoms with Crippen molar-refractivity contribution in [3.05, 3.63) is 0 Å². The highest BCUT2D eigenvalue weighted by atomic mass is 32.2. The molecule has 1 N–H and O–H groups in total. The first kappa shape index (κ1) is 17.3. The van der Waals surface area contributed by atoms with Gasteiger partial charge in [-0.1, -0.05) is 39.0 Å². The average Bonchev–Trinajstić information content (AvgIpc) is 2.45. The maximum Gasteiger partial charge on any atom is 0.267 e. The Bertz CT molecular complexity index is 438. The van der Waals surface area contributed by atoms with Crippen LogP contribution in [0.3, 0.4) is 0 Å². The van der Waals surface area contributed by atoms with Crippen LogP contribution in [0.1, 0.15) is 58.8 Å². The van der Waals surface area contributed by atoms with E-state index in [0.29, 0.717) is 18.8 Å². The lowest BCUT2D eigenvalue weighted by molar-refractivity contribution is -0.114. The van der Waals surface area contributed by atoms with Crippen molar-refractivity contribution in [3.63, 3.8) is 0 Å². The third-order valence-electron chi connectivity index (χ3n) is 3.81. The summed E-state index contributed by atoms with van der Waals surface area (Å²) in [7, 11) is -3.64. The van der Waals surface area contributed by atoms with E-state index in [1.54, 1.807) is 6.92 Å². The van der Waals surface area contributed by atoms with Crippen LogP contribution in [0.2, 0.25) is 0 Å². The van der Waals surface area contributed by atoms with E-state index in [4.69, 9.17) is 9.59 Å². The van der Waals surface area contributed by atoms with Gasteiger partial charge >= 0.3 is 0 Å². The van der Waals surface area contributed by atoms with E-state index in [1.165, 1.54) is 13.3 Å². The molecule has 0 heterocycles. The Kier molecular flexibility index (Phi) is 6.82. The number of carbonyl (C=O) groups excluding carboxylic acids is 1. The molecule has 6 heteroatoms. The monoisotopic (exact) mass is 303 g/mol. The smallest absolute Gasteiger partial charge is 0.267 e. The van der Waals surface area contributed by atoms with Crippen molar-refractivity contribution in [3.8, 4) is 0 Å². The minimum absolute atomic E-state index is 0.145. The molecule has 1 aliphatic rings. The standard InChI is InChI=1S/C14H25NO4S/c1-3-13(19-20(17,18)4-2)14(15)12(16)10-11-8-6-5-7-9-11/h11,13,15H,3-10H2,1-2H3/t13-/m1/s1. The molecule has 0 spiro atoms. The van der Waals surface area contributed by atoms with E-state index in [-0.39, 0.29) is 17.2 Å². The van der Waals surface area contributed by atoms with Crippen LogP contribution in [0.15, 0.2) is 0 Å². The largest absolute Gasteiger partial charge is 0.299 e. The van der Waals surface area contributed by atoms with Crippen LogP contribution in [-0.4, -0.2) is 31.8 Å². The Morgan fingerprint density at radius 3 is 2.35 bits per heavy atom. The van der Waals surface area contributed by atoms with E-state index in [1.807, 2.05) is 0 Å². The first-order valence-electron chi connectivity index (χ1n) is 7.42. The van der Waals surface area contributed by atoms with E-state index in [9.17, 15) is 13.2 Å². The van der Waals surface area contributed by atoms with Crippen molar-refractivity contribution >= 4 is 21.6 Å². The molecule has 0 bridgehead atoms. The molecule has 116 valence electrons. The minimum Gasteiger partial charge on any atom is -0.299 e. The van der Waals surface area contributed by atoms with E-state index >= 15 is 0 Å². The predicted octanol–water partition coefficient (Wildman–Crippen LogP) is 2.69. The van der Waals surface area contributed by atoms with Gasteiger partial charge in [0.05, 0.1) is 5.75 Å². The molecule has 0 unspecified atom stereocenters. The molecule has 0 aliphatic heterocycles. The maximum atomic E-state index is 12.1. The number of hydrogen-bond acceptors (Lipinski definition) is 5. The summed E-state index contributed by atoms with van der Waals surface area (Å²) in [5, 5.41) is 7.89. The van der Waals surface area contributed by atoms with Crippen LogP contribution in [0.4, 0.5) is 0 Å². The first-order chi connectivity index (χ1) is 9.39. The van der Waals surface area contributed by atoms with Crippen LogP contribution >= 0.6 is 0 Å². The third kappa shape index (κ3) is 5.32. The van der Waals surface area contributed by atoms with Gasteiger partial charge in [-0.05, 0) is 19.3 Å². The van der Waals surface area contributed by atoms with Gasteiger partial charge in [-0.15, -0.1) is 0 Å². The van der Waals surface area contributed by atoms with Gasteiger partial charge in [-0.25, -0.2) is 0 Å². The topological polar surface area (TPSA) is 84.3 Å². The van der Waals surface area contributed by atoms with Crippen LogP contribution in [0.5, 0.6) is 0 Å². The van der Waals surface area contributed by atoms with Crippen molar-refractivity contribution in [1.82, 2.24) is 0 Å². The minimum atomic E-state index is -3.64. The van der Waals surface area contributed by atoms with Crippen molar-refractivity contribution in [1.29, 1.82) is 5.41 Å². The number of Topliss-reactive ketones (excluding diaryl/α,β-unsaturated/α-hetero) is 1. The van der Waals surface area contributed by atoms with Crippen LogP contribution in [0, 0.1) is 11.3 Å². The molecule has 1 aliphatic carbocycles. The fraction of sp³-hybridized carbons (Fsp3) is 0.857. The van der Waals surface area contributed by atoms with Gasteiger partial charge in [-0.3, -0.25) is 14.4 Å². The summed E-state index contributed by atoms with van der Waals surface area (Å²) in [6.45, 7) is 3.20. The molecule has 5 nitrogen and oxygen atoms in total. The summed E-state index contributed by atoms with van der Waals surface area (Å²) >= 11 is 0. The highest BCUT2D eigenvalue weighted by molar-refractivity contribution is 7.86. The van der Waals surface area contributed by atoms with Crippen molar-refractivity contribution in [2.45, 2.75) is 64.9 Å². The van der Waals surface area contributed by atoms with Crippen molar-refractivity contribution < 1.29 is 17.4 Å². The second-order valence-electron chi connectivity index (χ2n) is 5.38. The number of nitrogens with one attached hydrogen (secondary N) is 1. The van der Waals surface area contributed by atoms with Crippen molar-refractivity contribution in [2.75, 3.05) is 5.75 Å². The lowest BCUT2D eigenvalue weighted by atomic mass is 9.84. The Labute approximate surface area is 121 Å². The fourth-order valence-corrected chi connectivity index (χ4v) is 3.23. The van der Waals surface area contributed by atoms with E-state index in [2.05, 4.69) is 0 Å². The zero-order valence-electron chi connectivity index (χ0n) is 12.4. The lowest BCUT2D eigenvalue weighted by Gasteiger charge is -2.22. The fourth-order valence-electron chi connectivity index (χ4n) is 2.51. The Hall–Kier alpha value is -0.750. The summed E-state index contributed by atoms with van der Waals surface area (Å²) in [5.41, 5.74) is -0.199. The summed E-state index contributed by atoms with van der Waals surface area (Å²) in [6, 6.07) is 0. The van der Waals surface area contributed by atoms with Crippen LogP contribution < -0.4 is 0 Å². The molecule has 1 rings (SSSR count).